The third kappa shape index (κ3) is 3.79. The van der Waals surface area contributed by atoms with Crippen molar-refractivity contribution in [2.24, 2.45) is 5.73 Å². The average Bonchev–Trinajstić information content (AvgIpc) is 2.54. The fourth-order valence-electron chi connectivity index (χ4n) is 2.14. The Bertz CT molecular complexity index is 425. The van der Waals surface area contributed by atoms with Crippen LogP contribution < -0.4 is 10.5 Å². The zero-order chi connectivity index (χ0) is 13.9. The molecule has 106 valence electrons. The summed E-state index contributed by atoms with van der Waals surface area (Å²) in [5, 5.41) is 0. The van der Waals surface area contributed by atoms with Gasteiger partial charge in [-0.25, -0.2) is 4.98 Å². The minimum Gasteiger partial charge on any atom is -0.458 e. The van der Waals surface area contributed by atoms with Crippen LogP contribution in [0.3, 0.4) is 0 Å². The molecular formula is C12H16F3N3O. The Labute approximate surface area is 109 Å². The number of halogens is 3. The summed E-state index contributed by atoms with van der Waals surface area (Å²) in [6.07, 6.45) is 0.814. The van der Waals surface area contributed by atoms with E-state index in [1.807, 2.05) is 0 Å². The highest BCUT2D eigenvalue weighted by atomic mass is 19.4. The molecule has 1 aliphatic rings. The molecule has 2 N–H and O–H groups in total. The summed E-state index contributed by atoms with van der Waals surface area (Å²) in [6, 6.07) is 0.387. The second-order valence-corrected chi connectivity index (χ2v) is 4.68. The highest BCUT2D eigenvalue weighted by Gasteiger charge is 2.33. The minimum absolute atomic E-state index is 0.180. The smallest absolute Gasteiger partial charge is 0.433 e. The van der Waals surface area contributed by atoms with Crippen LogP contribution >= 0.6 is 0 Å². The van der Waals surface area contributed by atoms with Gasteiger partial charge in [0.1, 0.15) is 6.10 Å². The van der Waals surface area contributed by atoms with Crippen LogP contribution in [-0.4, -0.2) is 22.1 Å². The summed E-state index contributed by atoms with van der Waals surface area (Å²) in [5.74, 6) is 0. The van der Waals surface area contributed by atoms with Crippen molar-refractivity contribution >= 4 is 0 Å². The first-order valence-corrected chi connectivity index (χ1v) is 6.29. The third-order valence-electron chi connectivity index (χ3n) is 3.18. The van der Waals surface area contributed by atoms with Crippen LogP contribution in [0.15, 0.2) is 12.3 Å². The topological polar surface area (TPSA) is 61.0 Å². The van der Waals surface area contributed by atoms with Crippen molar-refractivity contribution in [1.29, 1.82) is 0 Å². The molecule has 1 heterocycles. The van der Waals surface area contributed by atoms with Crippen LogP contribution in [0, 0.1) is 0 Å². The first-order chi connectivity index (χ1) is 8.97. The number of hydrogen-bond acceptors (Lipinski definition) is 4. The van der Waals surface area contributed by atoms with Gasteiger partial charge in [-0.1, -0.05) is 12.8 Å². The lowest BCUT2D eigenvalue weighted by molar-refractivity contribution is -0.141. The van der Waals surface area contributed by atoms with E-state index in [1.54, 1.807) is 0 Å². The molecule has 2 atom stereocenters. The Morgan fingerprint density at radius 1 is 1.21 bits per heavy atom. The number of rotatable bonds is 2. The molecule has 0 radical (unpaired) electrons. The fraction of sp³-hybridized carbons (Fsp3) is 0.667. The van der Waals surface area contributed by atoms with Crippen LogP contribution in [0.5, 0.6) is 6.01 Å². The molecule has 19 heavy (non-hydrogen) atoms. The summed E-state index contributed by atoms with van der Waals surface area (Å²) >= 11 is 0. The largest absolute Gasteiger partial charge is 0.458 e. The molecule has 0 bridgehead atoms. The molecule has 7 heteroatoms. The van der Waals surface area contributed by atoms with Crippen molar-refractivity contribution in [3.8, 4) is 6.01 Å². The van der Waals surface area contributed by atoms with Crippen molar-refractivity contribution in [2.45, 2.75) is 50.4 Å². The van der Waals surface area contributed by atoms with Gasteiger partial charge in [0.15, 0.2) is 5.69 Å². The van der Waals surface area contributed by atoms with E-state index in [2.05, 4.69) is 9.97 Å². The van der Waals surface area contributed by atoms with E-state index in [0.717, 1.165) is 44.4 Å². The zero-order valence-electron chi connectivity index (χ0n) is 10.4. The highest BCUT2D eigenvalue weighted by molar-refractivity contribution is 5.09. The summed E-state index contributed by atoms with van der Waals surface area (Å²) < 4.78 is 43.0. The molecule has 0 saturated heterocycles. The first-order valence-electron chi connectivity index (χ1n) is 6.29. The Morgan fingerprint density at radius 3 is 2.68 bits per heavy atom. The van der Waals surface area contributed by atoms with E-state index in [-0.39, 0.29) is 18.2 Å². The molecule has 2 rings (SSSR count). The summed E-state index contributed by atoms with van der Waals surface area (Å²) in [5.41, 5.74) is 4.95. The Hall–Kier alpha value is -1.37. The van der Waals surface area contributed by atoms with Gasteiger partial charge in [-0.05, 0) is 25.3 Å². The van der Waals surface area contributed by atoms with E-state index in [9.17, 15) is 13.2 Å². The molecule has 0 aromatic carbocycles. The molecule has 0 amide bonds. The summed E-state index contributed by atoms with van der Waals surface area (Å²) in [7, 11) is 0. The average molecular weight is 275 g/mol. The molecule has 1 saturated carbocycles. The third-order valence-corrected chi connectivity index (χ3v) is 3.18. The van der Waals surface area contributed by atoms with Crippen LogP contribution in [0.2, 0.25) is 0 Å². The van der Waals surface area contributed by atoms with Crippen LogP contribution in [0.25, 0.3) is 0 Å². The monoisotopic (exact) mass is 275 g/mol. The number of nitrogens with zero attached hydrogens (tertiary/aromatic N) is 2. The summed E-state index contributed by atoms with van der Waals surface area (Å²) in [6.45, 7) is 0. The Morgan fingerprint density at radius 2 is 1.95 bits per heavy atom. The molecule has 1 aliphatic carbocycles. The van der Waals surface area contributed by atoms with E-state index in [0.29, 0.717) is 0 Å². The second kappa shape index (κ2) is 5.73. The van der Waals surface area contributed by atoms with Crippen LogP contribution in [0.4, 0.5) is 13.2 Å². The minimum atomic E-state index is -4.49. The maximum Gasteiger partial charge on any atom is 0.433 e. The van der Waals surface area contributed by atoms with Crippen molar-refractivity contribution in [3.63, 3.8) is 0 Å². The summed E-state index contributed by atoms with van der Waals surface area (Å²) in [4.78, 5) is 7.11. The molecular weight excluding hydrogens is 259 g/mol. The lowest BCUT2D eigenvalue weighted by Crippen LogP contribution is -2.38. The second-order valence-electron chi connectivity index (χ2n) is 4.68. The van der Waals surface area contributed by atoms with Gasteiger partial charge in [0, 0.05) is 12.2 Å². The lowest BCUT2D eigenvalue weighted by Gasteiger charge is -2.21. The quantitative estimate of drug-likeness (QED) is 0.842. The SMILES string of the molecule is NC1CCCCCC1Oc1nccc(C(F)(F)F)n1. The van der Waals surface area contributed by atoms with Gasteiger partial charge in [-0.15, -0.1) is 0 Å². The Kier molecular flexibility index (Phi) is 4.24. The van der Waals surface area contributed by atoms with Crippen LogP contribution in [-0.2, 0) is 6.18 Å². The van der Waals surface area contributed by atoms with E-state index < -0.39 is 11.9 Å². The lowest BCUT2D eigenvalue weighted by atomic mass is 10.1. The maximum absolute atomic E-state index is 12.5. The van der Waals surface area contributed by atoms with Gasteiger partial charge in [0.2, 0.25) is 0 Å². The van der Waals surface area contributed by atoms with E-state index in [4.69, 9.17) is 10.5 Å². The molecule has 1 aromatic heterocycles. The van der Waals surface area contributed by atoms with Gasteiger partial charge in [-0.2, -0.15) is 18.2 Å². The number of hydrogen-bond donors (Lipinski definition) is 1. The Balaban J connectivity index is 2.09. The first kappa shape index (κ1) is 14.0. The molecule has 2 unspecified atom stereocenters. The van der Waals surface area contributed by atoms with Gasteiger partial charge in [0.05, 0.1) is 0 Å². The molecule has 0 aliphatic heterocycles. The van der Waals surface area contributed by atoms with Gasteiger partial charge in [0.25, 0.3) is 0 Å². The number of ether oxygens (including phenoxy) is 1. The van der Waals surface area contributed by atoms with Crippen molar-refractivity contribution in [1.82, 2.24) is 9.97 Å². The van der Waals surface area contributed by atoms with E-state index >= 15 is 0 Å². The fourth-order valence-corrected chi connectivity index (χ4v) is 2.14. The molecule has 0 spiro atoms. The molecule has 4 nitrogen and oxygen atoms in total. The number of nitrogens with two attached hydrogens (primary N) is 1. The standard InChI is InChI=1S/C12H16F3N3O/c13-12(14,15)10-6-7-17-11(18-10)19-9-5-3-1-2-4-8(9)16/h6-9H,1-5,16H2. The van der Waals surface area contributed by atoms with Crippen LogP contribution in [0.1, 0.15) is 37.8 Å². The normalized spacial score (nSPS) is 24.8. The maximum atomic E-state index is 12.5. The van der Waals surface area contributed by atoms with Crippen molar-refractivity contribution in [3.05, 3.63) is 18.0 Å². The zero-order valence-corrected chi connectivity index (χ0v) is 10.4. The predicted octanol–water partition coefficient (Wildman–Crippen LogP) is 2.53. The molecule has 1 fully saturated rings. The number of alkyl halides is 3. The van der Waals surface area contributed by atoms with Gasteiger partial charge < -0.3 is 10.5 Å². The predicted molar refractivity (Wildman–Crippen MR) is 62.5 cm³/mol. The van der Waals surface area contributed by atoms with Gasteiger partial charge >= 0.3 is 12.2 Å². The van der Waals surface area contributed by atoms with Crippen molar-refractivity contribution in [2.75, 3.05) is 0 Å². The van der Waals surface area contributed by atoms with E-state index in [1.165, 1.54) is 0 Å². The highest BCUT2D eigenvalue weighted by Crippen LogP contribution is 2.28. The molecule has 1 aromatic rings. The van der Waals surface area contributed by atoms with Gasteiger partial charge in [-0.3, -0.25) is 0 Å². The number of aromatic nitrogens is 2. The van der Waals surface area contributed by atoms with Crippen molar-refractivity contribution < 1.29 is 17.9 Å².